The summed E-state index contributed by atoms with van der Waals surface area (Å²) in [5.41, 5.74) is 2.15. The second-order valence-corrected chi connectivity index (χ2v) is 5.91. The molecule has 1 aromatic rings. The first-order valence-corrected chi connectivity index (χ1v) is 8.11. The van der Waals surface area contributed by atoms with Crippen molar-refractivity contribution in [3.63, 3.8) is 0 Å². The van der Waals surface area contributed by atoms with E-state index in [1.165, 1.54) is 31.2 Å². The number of hydrogen-bond acceptors (Lipinski definition) is 2. The number of benzene rings is 1. The lowest BCUT2D eigenvalue weighted by molar-refractivity contribution is 0.0913. The summed E-state index contributed by atoms with van der Waals surface area (Å²) >= 11 is 0. The summed E-state index contributed by atoms with van der Waals surface area (Å²) < 4.78 is 0. The van der Waals surface area contributed by atoms with Gasteiger partial charge in [-0.25, -0.2) is 0 Å². The fraction of sp³-hybridized carbons (Fsp3) is 0.611. The van der Waals surface area contributed by atoms with Crippen molar-refractivity contribution in [2.45, 2.75) is 58.4 Å². The summed E-state index contributed by atoms with van der Waals surface area (Å²) in [4.78, 5) is 12.5. The van der Waals surface area contributed by atoms with Crippen LogP contribution in [0.3, 0.4) is 0 Å². The van der Waals surface area contributed by atoms with Crippen molar-refractivity contribution in [2.24, 2.45) is 5.92 Å². The predicted molar refractivity (Wildman–Crippen MR) is 84.2 cm³/mol. The van der Waals surface area contributed by atoms with Crippen molar-refractivity contribution < 1.29 is 4.79 Å². The Kier molecular flexibility index (Phi) is 5.78. The number of Topliss-reactive ketones (excluding diaryl/α,β-unsaturated/α-hetero) is 1. The molecule has 1 atom stereocenters. The Morgan fingerprint density at radius 1 is 1.20 bits per heavy atom. The summed E-state index contributed by atoms with van der Waals surface area (Å²) in [7, 11) is 0. The Hall–Kier alpha value is -1.15. The standard InChI is InChI=1S/C18H27NO/c1-3-14-9-11-16(12-10-14)18(20)15(4-2)13-19-17-7-5-6-8-17/h9-12,15,17,19H,3-8,13H2,1-2H3. The van der Waals surface area contributed by atoms with Crippen LogP contribution in [0.25, 0.3) is 0 Å². The van der Waals surface area contributed by atoms with E-state index < -0.39 is 0 Å². The van der Waals surface area contributed by atoms with Gasteiger partial charge in [0.15, 0.2) is 5.78 Å². The van der Waals surface area contributed by atoms with E-state index in [1.54, 1.807) is 0 Å². The lowest BCUT2D eigenvalue weighted by Gasteiger charge is -2.18. The van der Waals surface area contributed by atoms with E-state index in [1.807, 2.05) is 12.1 Å². The first-order chi connectivity index (χ1) is 9.74. The lowest BCUT2D eigenvalue weighted by atomic mass is 9.94. The van der Waals surface area contributed by atoms with Crippen molar-refractivity contribution in [1.82, 2.24) is 5.32 Å². The van der Waals surface area contributed by atoms with Gasteiger partial charge in [-0.3, -0.25) is 4.79 Å². The molecule has 0 spiro atoms. The minimum absolute atomic E-state index is 0.114. The van der Waals surface area contributed by atoms with Gasteiger partial charge in [0, 0.05) is 24.1 Å². The predicted octanol–water partition coefficient (Wildman–Crippen LogP) is 3.99. The molecule has 2 rings (SSSR count). The number of carbonyl (C=O) groups is 1. The van der Waals surface area contributed by atoms with Gasteiger partial charge in [0.2, 0.25) is 0 Å². The highest BCUT2D eigenvalue weighted by Crippen LogP contribution is 2.19. The molecule has 1 aliphatic rings. The summed E-state index contributed by atoms with van der Waals surface area (Å²) in [5, 5.41) is 3.58. The smallest absolute Gasteiger partial charge is 0.167 e. The minimum atomic E-state index is 0.114. The molecule has 0 radical (unpaired) electrons. The van der Waals surface area contributed by atoms with Gasteiger partial charge in [0.25, 0.3) is 0 Å². The SMILES string of the molecule is CCc1ccc(C(=O)C(CC)CNC2CCCC2)cc1. The monoisotopic (exact) mass is 273 g/mol. The molecule has 0 saturated heterocycles. The molecule has 1 fully saturated rings. The van der Waals surface area contributed by atoms with E-state index in [9.17, 15) is 4.79 Å². The van der Waals surface area contributed by atoms with E-state index in [4.69, 9.17) is 0 Å². The van der Waals surface area contributed by atoms with E-state index in [0.717, 1.165) is 24.9 Å². The first kappa shape index (κ1) is 15.2. The number of ketones is 1. The average molecular weight is 273 g/mol. The number of rotatable bonds is 7. The molecule has 0 amide bonds. The van der Waals surface area contributed by atoms with Gasteiger partial charge in [-0.15, -0.1) is 0 Å². The maximum absolute atomic E-state index is 12.5. The highest BCUT2D eigenvalue weighted by atomic mass is 16.1. The number of carbonyl (C=O) groups excluding carboxylic acids is 1. The normalized spacial score (nSPS) is 17.3. The Morgan fingerprint density at radius 2 is 1.85 bits per heavy atom. The highest BCUT2D eigenvalue weighted by molar-refractivity contribution is 5.98. The average Bonchev–Trinajstić information content (AvgIpc) is 3.01. The second-order valence-electron chi connectivity index (χ2n) is 5.91. The number of aryl methyl sites for hydroxylation is 1. The van der Waals surface area contributed by atoms with E-state index in [2.05, 4.69) is 31.3 Å². The first-order valence-electron chi connectivity index (χ1n) is 8.11. The zero-order chi connectivity index (χ0) is 14.4. The minimum Gasteiger partial charge on any atom is -0.313 e. The second kappa shape index (κ2) is 7.58. The molecular weight excluding hydrogens is 246 g/mol. The largest absolute Gasteiger partial charge is 0.313 e. The van der Waals surface area contributed by atoms with E-state index >= 15 is 0 Å². The molecule has 2 nitrogen and oxygen atoms in total. The number of hydrogen-bond donors (Lipinski definition) is 1. The third-order valence-corrected chi connectivity index (χ3v) is 4.52. The molecule has 0 heterocycles. The third-order valence-electron chi connectivity index (χ3n) is 4.52. The van der Waals surface area contributed by atoms with E-state index in [-0.39, 0.29) is 5.92 Å². The van der Waals surface area contributed by atoms with Crippen LogP contribution in [0.1, 0.15) is 61.9 Å². The molecule has 20 heavy (non-hydrogen) atoms. The van der Waals surface area contributed by atoms with Crippen LogP contribution < -0.4 is 5.32 Å². The van der Waals surface area contributed by atoms with Crippen molar-refractivity contribution >= 4 is 5.78 Å². The molecule has 1 aliphatic carbocycles. The van der Waals surface area contributed by atoms with Crippen LogP contribution in [-0.2, 0) is 6.42 Å². The Bertz CT molecular complexity index is 418. The van der Waals surface area contributed by atoms with Gasteiger partial charge in [-0.1, -0.05) is 51.0 Å². The molecule has 2 heteroatoms. The molecule has 1 aromatic carbocycles. The molecule has 1 unspecified atom stereocenters. The van der Waals surface area contributed by atoms with Gasteiger partial charge >= 0.3 is 0 Å². The molecule has 1 N–H and O–H groups in total. The van der Waals surface area contributed by atoms with Crippen LogP contribution in [-0.4, -0.2) is 18.4 Å². The summed E-state index contributed by atoms with van der Waals surface area (Å²) in [6.07, 6.45) is 7.15. The summed E-state index contributed by atoms with van der Waals surface area (Å²) in [5.74, 6) is 0.406. The molecule has 0 aromatic heterocycles. The number of nitrogens with one attached hydrogen (secondary N) is 1. The van der Waals surface area contributed by atoms with Crippen molar-refractivity contribution in [3.05, 3.63) is 35.4 Å². The van der Waals surface area contributed by atoms with Crippen molar-refractivity contribution in [3.8, 4) is 0 Å². The molecular formula is C18H27NO. The summed E-state index contributed by atoms with van der Waals surface area (Å²) in [6, 6.07) is 8.76. The quantitative estimate of drug-likeness (QED) is 0.761. The van der Waals surface area contributed by atoms with Crippen molar-refractivity contribution in [1.29, 1.82) is 0 Å². The molecule has 0 bridgehead atoms. The Balaban J connectivity index is 1.92. The maximum Gasteiger partial charge on any atom is 0.167 e. The Morgan fingerprint density at radius 3 is 2.40 bits per heavy atom. The van der Waals surface area contributed by atoms with Crippen molar-refractivity contribution in [2.75, 3.05) is 6.54 Å². The van der Waals surface area contributed by atoms with Gasteiger partial charge in [0.1, 0.15) is 0 Å². The van der Waals surface area contributed by atoms with Gasteiger partial charge in [-0.2, -0.15) is 0 Å². The highest BCUT2D eigenvalue weighted by Gasteiger charge is 2.21. The van der Waals surface area contributed by atoms with Gasteiger partial charge in [0.05, 0.1) is 0 Å². The lowest BCUT2D eigenvalue weighted by Crippen LogP contribution is -2.34. The van der Waals surface area contributed by atoms with Crippen LogP contribution in [0.4, 0.5) is 0 Å². The van der Waals surface area contributed by atoms with Crippen LogP contribution >= 0.6 is 0 Å². The summed E-state index contributed by atoms with van der Waals surface area (Å²) in [6.45, 7) is 5.08. The Labute approximate surface area is 123 Å². The van der Waals surface area contributed by atoms with E-state index in [0.29, 0.717) is 11.8 Å². The maximum atomic E-state index is 12.5. The van der Waals surface area contributed by atoms with Crippen LogP contribution in [0.5, 0.6) is 0 Å². The van der Waals surface area contributed by atoms with Gasteiger partial charge < -0.3 is 5.32 Å². The molecule has 0 aliphatic heterocycles. The zero-order valence-electron chi connectivity index (χ0n) is 12.8. The molecule has 110 valence electrons. The fourth-order valence-corrected chi connectivity index (χ4v) is 3.00. The van der Waals surface area contributed by atoms with Crippen LogP contribution in [0.2, 0.25) is 0 Å². The topological polar surface area (TPSA) is 29.1 Å². The van der Waals surface area contributed by atoms with Crippen LogP contribution in [0, 0.1) is 5.92 Å². The van der Waals surface area contributed by atoms with Gasteiger partial charge in [-0.05, 0) is 31.2 Å². The molecule has 1 saturated carbocycles. The van der Waals surface area contributed by atoms with Crippen LogP contribution in [0.15, 0.2) is 24.3 Å². The fourth-order valence-electron chi connectivity index (χ4n) is 3.00. The third kappa shape index (κ3) is 3.92. The zero-order valence-corrected chi connectivity index (χ0v) is 12.8.